The Bertz CT molecular complexity index is 1240. The van der Waals surface area contributed by atoms with Crippen molar-refractivity contribution in [3.05, 3.63) is 41.7 Å². The number of aromatic nitrogens is 6. The van der Waals surface area contributed by atoms with Crippen molar-refractivity contribution in [1.29, 1.82) is 0 Å². The van der Waals surface area contributed by atoms with Crippen LogP contribution in [0.15, 0.2) is 30.3 Å². The summed E-state index contributed by atoms with van der Waals surface area (Å²) in [7, 11) is 0. The van der Waals surface area contributed by atoms with Gasteiger partial charge in [-0.05, 0) is 38.8 Å². The van der Waals surface area contributed by atoms with Gasteiger partial charge in [0.1, 0.15) is 12.1 Å². The van der Waals surface area contributed by atoms with Gasteiger partial charge in [0.2, 0.25) is 5.91 Å². The van der Waals surface area contributed by atoms with Gasteiger partial charge in [0.15, 0.2) is 5.65 Å². The van der Waals surface area contributed by atoms with Gasteiger partial charge in [-0.15, -0.1) is 10.2 Å². The molecular weight excluding hydrogens is 382 g/mol. The third-order valence-electron chi connectivity index (χ3n) is 5.41. The van der Waals surface area contributed by atoms with Gasteiger partial charge in [0.05, 0.1) is 17.3 Å². The van der Waals surface area contributed by atoms with Gasteiger partial charge in [-0.1, -0.05) is 18.2 Å². The summed E-state index contributed by atoms with van der Waals surface area (Å²) in [5.74, 6) is 0.302. The van der Waals surface area contributed by atoms with Gasteiger partial charge < -0.3 is 14.6 Å². The van der Waals surface area contributed by atoms with Gasteiger partial charge in [-0.25, -0.2) is 4.68 Å². The van der Waals surface area contributed by atoms with Crippen LogP contribution in [0.1, 0.15) is 24.2 Å². The number of para-hydroxylation sites is 1. The monoisotopic (exact) mass is 405 g/mol. The maximum Gasteiger partial charge on any atom is 0.272 e. The second kappa shape index (κ2) is 7.49. The molecule has 1 aliphatic heterocycles. The van der Waals surface area contributed by atoms with Crippen LogP contribution in [0.25, 0.3) is 28.0 Å². The van der Waals surface area contributed by atoms with E-state index in [0.29, 0.717) is 23.7 Å². The van der Waals surface area contributed by atoms with Crippen LogP contribution in [0.3, 0.4) is 0 Å². The highest BCUT2D eigenvalue weighted by Crippen LogP contribution is 2.26. The molecule has 9 nitrogen and oxygen atoms in total. The topological polar surface area (TPSA) is 99.8 Å². The SMILES string of the molecule is Cc1cc(C)n(-c2nnc3c4ccccc4n(CC(=O)NC[C@@H]4CCCO4)c3n2)n1. The number of hydrogen-bond acceptors (Lipinski definition) is 6. The molecule has 30 heavy (non-hydrogen) atoms. The van der Waals surface area contributed by atoms with Crippen LogP contribution in [-0.2, 0) is 16.1 Å². The molecule has 4 aromatic rings. The third-order valence-corrected chi connectivity index (χ3v) is 5.41. The minimum absolute atomic E-state index is 0.0839. The fourth-order valence-electron chi connectivity index (χ4n) is 4.01. The quantitative estimate of drug-likeness (QED) is 0.546. The van der Waals surface area contributed by atoms with E-state index in [4.69, 9.17) is 9.72 Å². The lowest BCUT2D eigenvalue weighted by molar-refractivity contribution is -0.122. The Morgan fingerprint density at radius 2 is 2.13 bits per heavy atom. The normalized spacial score (nSPS) is 16.5. The smallest absolute Gasteiger partial charge is 0.272 e. The minimum Gasteiger partial charge on any atom is -0.376 e. The van der Waals surface area contributed by atoms with Crippen molar-refractivity contribution in [3.63, 3.8) is 0 Å². The molecule has 0 saturated carbocycles. The molecule has 0 unspecified atom stereocenters. The summed E-state index contributed by atoms with van der Waals surface area (Å²) in [4.78, 5) is 17.4. The summed E-state index contributed by atoms with van der Waals surface area (Å²) in [5.41, 5.74) is 3.98. The number of amides is 1. The van der Waals surface area contributed by atoms with Crippen LogP contribution in [0.4, 0.5) is 0 Å². The summed E-state index contributed by atoms with van der Waals surface area (Å²) >= 11 is 0. The van der Waals surface area contributed by atoms with Crippen LogP contribution in [-0.4, -0.2) is 54.7 Å². The molecule has 3 aromatic heterocycles. The van der Waals surface area contributed by atoms with E-state index in [-0.39, 0.29) is 18.6 Å². The minimum atomic E-state index is -0.0839. The Morgan fingerprint density at radius 3 is 2.90 bits per heavy atom. The fourth-order valence-corrected chi connectivity index (χ4v) is 4.01. The first-order valence-corrected chi connectivity index (χ1v) is 10.1. The Balaban J connectivity index is 1.53. The second-order valence-corrected chi connectivity index (χ2v) is 7.67. The number of nitrogens with one attached hydrogen (secondary N) is 1. The molecular formula is C21H23N7O2. The number of carbonyl (C=O) groups excluding carboxylic acids is 1. The van der Waals surface area contributed by atoms with Crippen molar-refractivity contribution in [2.45, 2.75) is 39.3 Å². The number of carbonyl (C=O) groups is 1. The third kappa shape index (κ3) is 3.30. The fraction of sp³-hybridized carbons (Fsp3) is 0.381. The molecule has 1 aliphatic rings. The Hall–Kier alpha value is -3.33. The van der Waals surface area contributed by atoms with E-state index in [1.54, 1.807) is 4.68 Å². The number of rotatable bonds is 5. The first kappa shape index (κ1) is 18.7. The van der Waals surface area contributed by atoms with E-state index in [9.17, 15) is 4.79 Å². The van der Waals surface area contributed by atoms with E-state index in [0.717, 1.165) is 41.7 Å². The summed E-state index contributed by atoms with van der Waals surface area (Å²) in [6, 6.07) is 9.78. The Labute approximate surface area is 173 Å². The molecule has 1 aromatic carbocycles. The first-order valence-electron chi connectivity index (χ1n) is 10.1. The van der Waals surface area contributed by atoms with Crippen molar-refractivity contribution in [3.8, 4) is 5.95 Å². The molecule has 1 N–H and O–H groups in total. The molecule has 4 heterocycles. The van der Waals surface area contributed by atoms with Crippen LogP contribution in [0.5, 0.6) is 0 Å². The van der Waals surface area contributed by atoms with Crippen LogP contribution >= 0.6 is 0 Å². The summed E-state index contributed by atoms with van der Waals surface area (Å²) in [6.45, 7) is 5.31. The molecule has 1 atom stereocenters. The molecule has 1 saturated heterocycles. The van der Waals surface area contributed by atoms with Crippen LogP contribution in [0.2, 0.25) is 0 Å². The molecule has 0 aliphatic carbocycles. The second-order valence-electron chi connectivity index (χ2n) is 7.67. The lowest BCUT2D eigenvalue weighted by Crippen LogP contribution is -2.34. The lowest BCUT2D eigenvalue weighted by atomic mass is 10.2. The van der Waals surface area contributed by atoms with Gasteiger partial charge in [0.25, 0.3) is 5.95 Å². The lowest BCUT2D eigenvalue weighted by Gasteiger charge is -2.12. The van der Waals surface area contributed by atoms with E-state index in [1.807, 2.05) is 48.7 Å². The average molecular weight is 405 g/mol. The number of fused-ring (bicyclic) bond motifs is 3. The van der Waals surface area contributed by atoms with Crippen molar-refractivity contribution < 1.29 is 9.53 Å². The van der Waals surface area contributed by atoms with Crippen molar-refractivity contribution in [2.75, 3.05) is 13.2 Å². The van der Waals surface area contributed by atoms with E-state index >= 15 is 0 Å². The predicted octanol–water partition coefficient (Wildman–Crippen LogP) is 2.08. The first-order chi connectivity index (χ1) is 14.6. The van der Waals surface area contributed by atoms with Crippen LogP contribution in [0, 0.1) is 13.8 Å². The van der Waals surface area contributed by atoms with Gasteiger partial charge in [-0.3, -0.25) is 4.79 Å². The summed E-state index contributed by atoms with van der Waals surface area (Å²) in [6.07, 6.45) is 2.14. The Morgan fingerprint density at radius 1 is 1.27 bits per heavy atom. The van der Waals surface area contributed by atoms with Crippen LogP contribution < -0.4 is 5.32 Å². The van der Waals surface area contributed by atoms with Crippen molar-refractivity contribution >= 4 is 28.0 Å². The number of aryl methyl sites for hydroxylation is 2. The molecule has 5 rings (SSSR count). The number of ether oxygens (including phenoxy) is 1. The zero-order chi connectivity index (χ0) is 20.7. The molecule has 9 heteroatoms. The zero-order valence-corrected chi connectivity index (χ0v) is 17.0. The highest BCUT2D eigenvalue weighted by atomic mass is 16.5. The van der Waals surface area contributed by atoms with E-state index in [1.165, 1.54) is 0 Å². The molecule has 0 bridgehead atoms. The molecule has 1 fully saturated rings. The molecule has 0 radical (unpaired) electrons. The maximum atomic E-state index is 12.7. The van der Waals surface area contributed by atoms with Gasteiger partial charge in [-0.2, -0.15) is 10.1 Å². The number of hydrogen-bond donors (Lipinski definition) is 1. The van der Waals surface area contributed by atoms with Crippen molar-refractivity contribution in [1.82, 2.24) is 34.8 Å². The van der Waals surface area contributed by atoms with Gasteiger partial charge in [0, 0.05) is 24.2 Å². The molecule has 154 valence electrons. The number of nitrogens with zero attached hydrogens (tertiary/aromatic N) is 6. The highest BCUT2D eigenvalue weighted by molar-refractivity contribution is 6.04. The van der Waals surface area contributed by atoms with E-state index < -0.39 is 0 Å². The Kier molecular flexibility index (Phi) is 4.66. The number of benzene rings is 1. The van der Waals surface area contributed by atoms with Crippen molar-refractivity contribution in [2.24, 2.45) is 0 Å². The summed E-state index contributed by atoms with van der Waals surface area (Å²) in [5, 5.41) is 17.1. The summed E-state index contributed by atoms with van der Waals surface area (Å²) < 4.78 is 9.15. The van der Waals surface area contributed by atoms with E-state index in [2.05, 4.69) is 20.6 Å². The van der Waals surface area contributed by atoms with Gasteiger partial charge >= 0.3 is 0 Å². The highest BCUT2D eigenvalue weighted by Gasteiger charge is 2.20. The molecule has 0 spiro atoms. The maximum absolute atomic E-state index is 12.7. The molecule has 1 amide bonds. The predicted molar refractivity (Wildman–Crippen MR) is 111 cm³/mol. The average Bonchev–Trinajstić information content (AvgIpc) is 3.45. The zero-order valence-electron chi connectivity index (χ0n) is 17.0. The standard InChI is InChI=1S/C21H23N7O2/c1-13-10-14(2)28(26-13)21-23-20-19(24-25-21)16-7-3-4-8-17(16)27(20)12-18(29)22-11-15-6-5-9-30-15/h3-4,7-8,10,15H,5-6,9,11-12H2,1-2H3,(H,22,29)/t15-/m0/s1. The largest absolute Gasteiger partial charge is 0.376 e.